The van der Waals surface area contributed by atoms with E-state index in [1.807, 2.05) is 0 Å². The first-order chi connectivity index (χ1) is 11.6. The molecule has 0 atom stereocenters. The molecule has 6 heteroatoms. The van der Waals surface area contributed by atoms with Crippen LogP contribution in [0, 0.1) is 11.3 Å². The number of carbonyl (C=O) groups excluding carboxylic acids is 2. The number of rotatable bonds is 6. The molecule has 6 nitrogen and oxygen atoms in total. The van der Waals surface area contributed by atoms with Crippen molar-refractivity contribution in [3.8, 4) is 6.07 Å². The van der Waals surface area contributed by atoms with Gasteiger partial charge in [0.25, 0.3) is 0 Å². The van der Waals surface area contributed by atoms with Gasteiger partial charge >= 0.3 is 0 Å². The summed E-state index contributed by atoms with van der Waals surface area (Å²) in [7, 11) is 0. The summed E-state index contributed by atoms with van der Waals surface area (Å²) in [5.41, 5.74) is 2.72. The minimum absolute atomic E-state index is 0.129. The zero-order chi connectivity index (χ0) is 17.4. The van der Waals surface area contributed by atoms with E-state index in [0.717, 1.165) is 5.69 Å². The van der Waals surface area contributed by atoms with Crippen LogP contribution in [0.25, 0.3) is 0 Å². The van der Waals surface area contributed by atoms with Crippen molar-refractivity contribution in [1.29, 1.82) is 5.26 Å². The lowest BCUT2D eigenvalue weighted by Gasteiger charge is -2.09. The molecule has 122 valence electrons. The Morgan fingerprint density at radius 1 is 1.00 bits per heavy atom. The van der Waals surface area contributed by atoms with Gasteiger partial charge in [-0.1, -0.05) is 6.07 Å². The third kappa shape index (κ3) is 5.46. The standard InChI is InChI=1S/C18H18N4O2/c1-13(23)21-16-3-2-4-17(11-16)22-18(24)9-10-20-15-7-5-14(12-19)6-8-15/h2-8,11,20H,9-10H2,1H3,(H,21,23)(H,22,24). The van der Waals surface area contributed by atoms with Crippen LogP contribution >= 0.6 is 0 Å². The first-order valence-electron chi connectivity index (χ1n) is 7.48. The minimum Gasteiger partial charge on any atom is -0.385 e. The van der Waals surface area contributed by atoms with Gasteiger partial charge in [-0.2, -0.15) is 5.26 Å². The third-order valence-electron chi connectivity index (χ3n) is 3.16. The first kappa shape index (κ1) is 17.0. The van der Waals surface area contributed by atoms with Crippen LogP contribution in [0.5, 0.6) is 0 Å². The molecule has 3 N–H and O–H groups in total. The molecule has 0 unspecified atom stereocenters. The van der Waals surface area contributed by atoms with Crippen LogP contribution < -0.4 is 16.0 Å². The normalized spacial score (nSPS) is 9.67. The van der Waals surface area contributed by atoms with Crippen LogP contribution in [-0.4, -0.2) is 18.4 Å². The van der Waals surface area contributed by atoms with Gasteiger partial charge in [-0.05, 0) is 42.5 Å². The number of hydrogen-bond donors (Lipinski definition) is 3. The van der Waals surface area contributed by atoms with Crippen LogP contribution in [0.2, 0.25) is 0 Å². The summed E-state index contributed by atoms with van der Waals surface area (Å²) in [5, 5.41) is 17.3. The van der Waals surface area contributed by atoms with Crippen molar-refractivity contribution in [2.45, 2.75) is 13.3 Å². The average molecular weight is 322 g/mol. The van der Waals surface area contributed by atoms with E-state index in [4.69, 9.17) is 5.26 Å². The van der Waals surface area contributed by atoms with Gasteiger partial charge in [-0.3, -0.25) is 9.59 Å². The van der Waals surface area contributed by atoms with E-state index >= 15 is 0 Å². The van der Waals surface area contributed by atoms with Crippen molar-refractivity contribution in [2.24, 2.45) is 0 Å². The van der Waals surface area contributed by atoms with Crippen molar-refractivity contribution in [1.82, 2.24) is 0 Å². The lowest BCUT2D eigenvalue weighted by atomic mass is 10.2. The maximum Gasteiger partial charge on any atom is 0.226 e. The Morgan fingerprint density at radius 3 is 2.29 bits per heavy atom. The fraction of sp³-hybridized carbons (Fsp3) is 0.167. The Bertz CT molecular complexity index is 763. The van der Waals surface area contributed by atoms with Gasteiger partial charge < -0.3 is 16.0 Å². The van der Waals surface area contributed by atoms with E-state index in [-0.39, 0.29) is 11.8 Å². The highest BCUT2D eigenvalue weighted by atomic mass is 16.2. The van der Waals surface area contributed by atoms with Crippen molar-refractivity contribution in [2.75, 3.05) is 22.5 Å². The molecular formula is C18H18N4O2. The summed E-state index contributed by atoms with van der Waals surface area (Å²) in [6.45, 7) is 1.91. The van der Waals surface area contributed by atoms with Gasteiger partial charge in [-0.15, -0.1) is 0 Å². The Balaban J connectivity index is 1.80. The number of nitrogens with one attached hydrogen (secondary N) is 3. The summed E-state index contributed by atoms with van der Waals surface area (Å²) >= 11 is 0. The fourth-order valence-corrected chi connectivity index (χ4v) is 2.08. The summed E-state index contributed by atoms with van der Waals surface area (Å²) < 4.78 is 0. The number of amides is 2. The maximum atomic E-state index is 12.0. The minimum atomic E-state index is -0.162. The van der Waals surface area contributed by atoms with E-state index in [1.54, 1.807) is 48.5 Å². The molecule has 2 aromatic carbocycles. The number of anilines is 3. The molecule has 0 heterocycles. The maximum absolute atomic E-state index is 12.0. The molecule has 0 aliphatic carbocycles. The molecule has 0 fully saturated rings. The topological polar surface area (TPSA) is 94.0 Å². The average Bonchev–Trinajstić information content (AvgIpc) is 2.55. The second-order valence-corrected chi connectivity index (χ2v) is 5.18. The first-order valence-corrected chi connectivity index (χ1v) is 7.48. The molecule has 2 amide bonds. The number of nitrogens with zero attached hydrogens (tertiary/aromatic N) is 1. The van der Waals surface area contributed by atoms with E-state index < -0.39 is 0 Å². The largest absolute Gasteiger partial charge is 0.385 e. The van der Waals surface area contributed by atoms with E-state index in [1.165, 1.54) is 6.92 Å². The molecule has 0 aliphatic heterocycles. The quantitative estimate of drug-likeness (QED) is 0.762. The SMILES string of the molecule is CC(=O)Nc1cccc(NC(=O)CCNc2ccc(C#N)cc2)c1. The van der Waals surface area contributed by atoms with Crippen LogP contribution in [-0.2, 0) is 9.59 Å². The second-order valence-electron chi connectivity index (χ2n) is 5.18. The number of nitriles is 1. The van der Waals surface area contributed by atoms with Gasteiger partial charge in [-0.25, -0.2) is 0 Å². The Labute approximate surface area is 140 Å². The van der Waals surface area contributed by atoms with Gasteiger partial charge in [0.05, 0.1) is 11.6 Å². The zero-order valence-corrected chi connectivity index (χ0v) is 13.3. The Morgan fingerprint density at radius 2 is 1.67 bits per heavy atom. The number of hydrogen-bond acceptors (Lipinski definition) is 4. The second kappa shape index (κ2) is 8.34. The predicted molar refractivity (Wildman–Crippen MR) is 93.6 cm³/mol. The fourth-order valence-electron chi connectivity index (χ4n) is 2.08. The Kier molecular flexibility index (Phi) is 5.92. The van der Waals surface area contributed by atoms with Crippen LogP contribution in [0.15, 0.2) is 48.5 Å². The molecule has 0 aromatic heterocycles. The molecule has 0 spiro atoms. The van der Waals surface area contributed by atoms with Gasteiger partial charge in [0.1, 0.15) is 0 Å². The van der Waals surface area contributed by atoms with Gasteiger partial charge in [0, 0.05) is 37.0 Å². The highest BCUT2D eigenvalue weighted by Gasteiger charge is 2.04. The molecule has 0 aliphatic rings. The summed E-state index contributed by atoms with van der Waals surface area (Å²) in [6.07, 6.45) is 0.296. The molecule has 2 aromatic rings. The smallest absolute Gasteiger partial charge is 0.226 e. The lowest BCUT2D eigenvalue weighted by molar-refractivity contribution is -0.116. The highest BCUT2D eigenvalue weighted by Crippen LogP contribution is 2.15. The monoisotopic (exact) mass is 322 g/mol. The third-order valence-corrected chi connectivity index (χ3v) is 3.16. The summed E-state index contributed by atoms with van der Waals surface area (Å²) in [5.74, 6) is -0.291. The van der Waals surface area contributed by atoms with Crippen molar-refractivity contribution in [3.05, 3.63) is 54.1 Å². The summed E-state index contributed by atoms with van der Waals surface area (Å²) in [4.78, 5) is 23.0. The van der Waals surface area contributed by atoms with Crippen LogP contribution in [0.3, 0.4) is 0 Å². The molecule has 0 saturated heterocycles. The summed E-state index contributed by atoms with van der Waals surface area (Å²) in [6, 6.07) is 16.1. The molecule has 0 bridgehead atoms. The van der Waals surface area contributed by atoms with Crippen molar-refractivity contribution >= 4 is 28.9 Å². The molecule has 24 heavy (non-hydrogen) atoms. The zero-order valence-electron chi connectivity index (χ0n) is 13.3. The van der Waals surface area contributed by atoms with Crippen molar-refractivity contribution < 1.29 is 9.59 Å². The Hall–Kier alpha value is -3.33. The van der Waals surface area contributed by atoms with E-state index in [9.17, 15) is 9.59 Å². The van der Waals surface area contributed by atoms with Gasteiger partial charge in [0.15, 0.2) is 0 Å². The highest BCUT2D eigenvalue weighted by molar-refractivity contribution is 5.93. The lowest BCUT2D eigenvalue weighted by Crippen LogP contribution is -2.16. The van der Waals surface area contributed by atoms with Crippen molar-refractivity contribution in [3.63, 3.8) is 0 Å². The van der Waals surface area contributed by atoms with E-state index in [2.05, 4.69) is 22.0 Å². The molecular weight excluding hydrogens is 304 g/mol. The molecule has 0 saturated carbocycles. The predicted octanol–water partition coefficient (Wildman–Crippen LogP) is 2.96. The molecule has 0 radical (unpaired) electrons. The molecule has 2 rings (SSSR count). The van der Waals surface area contributed by atoms with E-state index in [0.29, 0.717) is 29.9 Å². The number of carbonyl (C=O) groups is 2. The van der Waals surface area contributed by atoms with Crippen LogP contribution in [0.1, 0.15) is 18.9 Å². The van der Waals surface area contributed by atoms with Gasteiger partial charge in [0.2, 0.25) is 11.8 Å². The number of benzene rings is 2. The van der Waals surface area contributed by atoms with Crippen LogP contribution in [0.4, 0.5) is 17.1 Å².